The molecule has 1 N–H and O–H groups in total. The molecule has 3 rings (SSSR count). The summed E-state index contributed by atoms with van der Waals surface area (Å²) in [5, 5.41) is 3.78. The molecule has 2 aromatic carbocycles. The summed E-state index contributed by atoms with van der Waals surface area (Å²) >= 11 is 0. The molecule has 0 saturated carbocycles. The lowest BCUT2D eigenvalue weighted by Gasteiger charge is -2.41. The van der Waals surface area contributed by atoms with E-state index in [4.69, 9.17) is 9.47 Å². The molecule has 0 radical (unpaired) electrons. The smallest absolute Gasteiger partial charge is 0.118 e. The summed E-state index contributed by atoms with van der Waals surface area (Å²) in [4.78, 5) is 0. The Morgan fingerprint density at radius 1 is 1.04 bits per heavy atom. The summed E-state index contributed by atoms with van der Waals surface area (Å²) in [7, 11) is 1.70. The van der Waals surface area contributed by atoms with Crippen LogP contribution in [-0.4, -0.2) is 25.4 Å². The number of hydrogen-bond donors (Lipinski definition) is 1. The Hall–Kier alpha value is -1.84. The van der Waals surface area contributed by atoms with E-state index in [2.05, 4.69) is 61.6 Å². The van der Waals surface area contributed by atoms with Crippen molar-refractivity contribution in [2.24, 2.45) is 5.92 Å². The van der Waals surface area contributed by atoms with E-state index in [9.17, 15) is 0 Å². The highest BCUT2D eigenvalue weighted by molar-refractivity contribution is 5.27. The predicted octanol–water partition coefficient (Wildman–Crippen LogP) is 4.21. The Balaban J connectivity index is 1.65. The van der Waals surface area contributed by atoms with Crippen LogP contribution in [0.2, 0.25) is 0 Å². The fourth-order valence-electron chi connectivity index (χ4n) is 3.55. The molecule has 1 aliphatic rings. The van der Waals surface area contributed by atoms with Crippen molar-refractivity contribution in [3.8, 4) is 5.75 Å². The minimum Gasteiger partial charge on any atom is -0.497 e. The third-order valence-corrected chi connectivity index (χ3v) is 5.04. The van der Waals surface area contributed by atoms with E-state index in [1.807, 2.05) is 12.1 Å². The fraction of sp³-hybridized carbons (Fsp3) is 0.455. The van der Waals surface area contributed by atoms with Crippen LogP contribution in [0, 0.1) is 5.92 Å². The number of nitrogens with one attached hydrogen (secondary N) is 1. The van der Waals surface area contributed by atoms with Crippen LogP contribution < -0.4 is 10.1 Å². The van der Waals surface area contributed by atoms with Crippen molar-refractivity contribution in [2.75, 3.05) is 13.7 Å². The van der Waals surface area contributed by atoms with Crippen molar-refractivity contribution in [2.45, 2.75) is 44.9 Å². The molecule has 1 heterocycles. The Kier molecular flexibility index (Phi) is 5.77. The van der Waals surface area contributed by atoms with Crippen molar-refractivity contribution < 1.29 is 9.47 Å². The van der Waals surface area contributed by atoms with Gasteiger partial charge in [0.15, 0.2) is 0 Å². The Morgan fingerprint density at radius 3 is 2.44 bits per heavy atom. The summed E-state index contributed by atoms with van der Waals surface area (Å²) in [5.41, 5.74) is 2.60. The average molecular weight is 339 g/mol. The zero-order chi connectivity index (χ0) is 17.7. The first kappa shape index (κ1) is 18.0. The van der Waals surface area contributed by atoms with Gasteiger partial charge in [-0.2, -0.15) is 0 Å². The topological polar surface area (TPSA) is 30.5 Å². The van der Waals surface area contributed by atoms with E-state index < -0.39 is 0 Å². The van der Waals surface area contributed by atoms with Crippen LogP contribution in [-0.2, 0) is 17.7 Å². The van der Waals surface area contributed by atoms with Gasteiger partial charge >= 0.3 is 0 Å². The van der Waals surface area contributed by atoms with Crippen LogP contribution in [0.3, 0.4) is 0 Å². The predicted molar refractivity (Wildman–Crippen MR) is 102 cm³/mol. The van der Waals surface area contributed by atoms with E-state index in [0.717, 1.165) is 31.7 Å². The van der Waals surface area contributed by atoms with Gasteiger partial charge in [-0.1, -0.05) is 42.5 Å². The molecular weight excluding hydrogens is 310 g/mol. The first-order valence-corrected chi connectivity index (χ1v) is 9.10. The molecule has 1 aliphatic heterocycles. The maximum Gasteiger partial charge on any atom is 0.118 e. The van der Waals surface area contributed by atoms with Gasteiger partial charge in [0, 0.05) is 18.5 Å². The third kappa shape index (κ3) is 5.07. The van der Waals surface area contributed by atoms with Gasteiger partial charge < -0.3 is 14.8 Å². The minimum absolute atomic E-state index is 0.0647. The molecule has 1 fully saturated rings. The van der Waals surface area contributed by atoms with E-state index in [-0.39, 0.29) is 5.60 Å². The summed E-state index contributed by atoms with van der Waals surface area (Å²) in [5.74, 6) is 1.39. The highest BCUT2D eigenvalue weighted by atomic mass is 16.5. The van der Waals surface area contributed by atoms with E-state index >= 15 is 0 Å². The number of benzene rings is 2. The Bertz CT molecular complexity index is 651. The first-order chi connectivity index (χ1) is 12.1. The van der Waals surface area contributed by atoms with E-state index in [0.29, 0.717) is 12.0 Å². The van der Waals surface area contributed by atoms with Crippen LogP contribution in [0.15, 0.2) is 54.6 Å². The summed E-state index contributed by atoms with van der Waals surface area (Å²) in [6.45, 7) is 6.06. The number of ether oxygens (including phenoxy) is 2. The van der Waals surface area contributed by atoms with Crippen molar-refractivity contribution in [1.82, 2.24) is 5.32 Å². The molecule has 0 amide bonds. The molecule has 2 atom stereocenters. The van der Waals surface area contributed by atoms with Gasteiger partial charge in [-0.3, -0.25) is 0 Å². The largest absolute Gasteiger partial charge is 0.497 e. The molecule has 0 aliphatic carbocycles. The van der Waals surface area contributed by atoms with Crippen LogP contribution in [0.4, 0.5) is 0 Å². The summed E-state index contributed by atoms with van der Waals surface area (Å²) < 4.78 is 11.3. The summed E-state index contributed by atoms with van der Waals surface area (Å²) in [6, 6.07) is 19.5. The maximum absolute atomic E-state index is 6.11. The van der Waals surface area contributed by atoms with Gasteiger partial charge in [-0.25, -0.2) is 0 Å². The van der Waals surface area contributed by atoms with Crippen molar-refractivity contribution in [3.05, 3.63) is 65.7 Å². The third-order valence-electron chi connectivity index (χ3n) is 5.04. The molecule has 0 bridgehead atoms. The lowest BCUT2D eigenvalue weighted by atomic mass is 9.83. The Labute approximate surface area is 151 Å². The molecule has 2 unspecified atom stereocenters. The zero-order valence-electron chi connectivity index (χ0n) is 15.5. The quantitative estimate of drug-likeness (QED) is 0.855. The van der Waals surface area contributed by atoms with Crippen molar-refractivity contribution in [1.29, 1.82) is 0 Å². The molecule has 3 heteroatoms. The first-order valence-electron chi connectivity index (χ1n) is 9.10. The number of methoxy groups -OCH3 is 1. The molecule has 2 aromatic rings. The number of rotatable bonds is 6. The molecule has 3 nitrogen and oxygen atoms in total. The van der Waals surface area contributed by atoms with Gasteiger partial charge in [-0.05, 0) is 49.9 Å². The van der Waals surface area contributed by atoms with Crippen LogP contribution in [0.25, 0.3) is 0 Å². The summed E-state index contributed by atoms with van der Waals surface area (Å²) in [6.07, 6.45) is 2.08. The fourth-order valence-corrected chi connectivity index (χ4v) is 3.55. The van der Waals surface area contributed by atoms with E-state index in [1.165, 1.54) is 11.1 Å². The SMILES string of the molecule is COc1ccc(CNC2CC(C)(C)OCC2Cc2ccccc2)cc1. The van der Waals surface area contributed by atoms with Crippen molar-refractivity contribution >= 4 is 0 Å². The molecule has 134 valence electrons. The lowest BCUT2D eigenvalue weighted by molar-refractivity contribution is -0.0906. The van der Waals surface area contributed by atoms with Gasteiger partial charge in [0.25, 0.3) is 0 Å². The molecular formula is C22H29NO2. The lowest BCUT2D eigenvalue weighted by Crippen LogP contribution is -2.50. The normalized spacial score (nSPS) is 22.5. The monoisotopic (exact) mass is 339 g/mol. The average Bonchev–Trinajstić information content (AvgIpc) is 2.63. The van der Waals surface area contributed by atoms with Crippen LogP contribution >= 0.6 is 0 Å². The van der Waals surface area contributed by atoms with E-state index in [1.54, 1.807) is 7.11 Å². The van der Waals surface area contributed by atoms with Gasteiger partial charge in [0.05, 0.1) is 19.3 Å². The van der Waals surface area contributed by atoms with Gasteiger partial charge in [0.2, 0.25) is 0 Å². The maximum atomic E-state index is 6.11. The minimum atomic E-state index is -0.0647. The zero-order valence-corrected chi connectivity index (χ0v) is 15.5. The van der Waals surface area contributed by atoms with Crippen LogP contribution in [0.5, 0.6) is 5.75 Å². The number of hydrogen-bond acceptors (Lipinski definition) is 3. The second kappa shape index (κ2) is 8.03. The second-order valence-electron chi connectivity index (χ2n) is 7.56. The van der Waals surface area contributed by atoms with Gasteiger partial charge in [0.1, 0.15) is 5.75 Å². The highest BCUT2D eigenvalue weighted by Crippen LogP contribution is 2.30. The molecule has 0 aromatic heterocycles. The van der Waals surface area contributed by atoms with Crippen molar-refractivity contribution in [3.63, 3.8) is 0 Å². The molecule has 0 spiro atoms. The Morgan fingerprint density at radius 2 is 1.76 bits per heavy atom. The molecule has 1 saturated heterocycles. The standard InChI is InChI=1S/C22H29NO2/c1-22(2)14-21(23-15-18-9-11-20(24-3)12-10-18)19(16-25-22)13-17-7-5-4-6-8-17/h4-12,19,21,23H,13-16H2,1-3H3. The molecule has 25 heavy (non-hydrogen) atoms. The van der Waals surface area contributed by atoms with Crippen LogP contribution in [0.1, 0.15) is 31.4 Å². The van der Waals surface area contributed by atoms with Gasteiger partial charge in [-0.15, -0.1) is 0 Å². The second-order valence-corrected chi connectivity index (χ2v) is 7.56. The highest BCUT2D eigenvalue weighted by Gasteiger charge is 2.35.